The van der Waals surface area contributed by atoms with Gasteiger partial charge in [0.05, 0.1) is 16.8 Å². The van der Waals surface area contributed by atoms with Crippen LogP contribution in [0.25, 0.3) is 0 Å². The number of pyridine rings is 1. The van der Waals surface area contributed by atoms with Crippen molar-refractivity contribution in [1.82, 2.24) is 9.29 Å². The van der Waals surface area contributed by atoms with E-state index in [2.05, 4.69) is 10.3 Å². The second kappa shape index (κ2) is 7.55. The van der Waals surface area contributed by atoms with Gasteiger partial charge < -0.3 is 5.32 Å². The van der Waals surface area contributed by atoms with Gasteiger partial charge in [0.15, 0.2) is 0 Å². The van der Waals surface area contributed by atoms with Crippen LogP contribution in [0.3, 0.4) is 0 Å². The monoisotopic (exact) mass is 347 g/mol. The molecule has 0 saturated carbocycles. The van der Waals surface area contributed by atoms with Crippen LogP contribution in [0, 0.1) is 6.92 Å². The van der Waals surface area contributed by atoms with Gasteiger partial charge in [-0.2, -0.15) is 4.31 Å². The molecular formula is C17H21N3O3S. The summed E-state index contributed by atoms with van der Waals surface area (Å²) < 4.78 is 26.6. The highest BCUT2D eigenvalue weighted by atomic mass is 32.2. The Balaban J connectivity index is 2.37. The van der Waals surface area contributed by atoms with Crippen LogP contribution in [0.4, 0.5) is 5.69 Å². The molecule has 1 N–H and O–H groups in total. The lowest BCUT2D eigenvalue weighted by Crippen LogP contribution is -2.30. The Morgan fingerprint density at radius 3 is 2.50 bits per heavy atom. The summed E-state index contributed by atoms with van der Waals surface area (Å²) in [5, 5.41) is 2.73. The lowest BCUT2D eigenvalue weighted by atomic mass is 10.1. The van der Waals surface area contributed by atoms with Crippen molar-refractivity contribution in [2.75, 3.05) is 18.4 Å². The molecule has 0 bridgehead atoms. The molecule has 128 valence electrons. The quantitative estimate of drug-likeness (QED) is 0.871. The predicted molar refractivity (Wildman–Crippen MR) is 93.5 cm³/mol. The predicted octanol–water partition coefficient (Wildman–Crippen LogP) is 2.67. The molecule has 0 aliphatic carbocycles. The molecule has 1 heterocycles. The van der Waals surface area contributed by atoms with Crippen molar-refractivity contribution < 1.29 is 13.2 Å². The topological polar surface area (TPSA) is 79.4 Å². The maximum absolute atomic E-state index is 12.6. The summed E-state index contributed by atoms with van der Waals surface area (Å²) in [6.07, 6.45) is 3.14. The fourth-order valence-corrected chi connectivity index (χ4v) is 3.84. The van der Waals surface area contributed by atoms with Crippen LogP contribution in [0.5, 0.6) is 0 Å². The number of hydrogen-bond donors (Lipinski definition) is 1. The Morgan fingerprint density at radius 2 is 1.92 bits per heavy atom. The van der Waals surface area contributed by atoms with Gasteiger partial charge in [-0.1, -0.05) is 19.9 Å². The number of rotatable bonds is 6. The highest BCUT2D eigenvalue weighted by Gasteiger charge is 2.23. The number of aromatic nitrogens is 1. The fraction of sp³-hybridized carbons (Fsp3) is 0.294. The summed E-state index contributed by atoms with van der Waals surface area (Å²) in [5.41, 5.74) is 1.58. The van der Waals surface area contributed by atoms with Crippen molar-refractivity contribution in [3.63, 3.8) is 0 Å². The van der Waals surface area contributed by atoms with Crippen molar-refractivity contribution in [2.24, 2.45) is 0 Å². The van der Waals surface area contributed by atoms with E-state index >= 15 is 0 Å². The van der Waals surface area contributed by atoms with E-state index in [1.807, 2.05) is 0 Å². The first kappa shape index (κ1) is 18.1. The molecule has 2 aromatic rings. The van der Waals surface area contributed by atoms with Crippen LogP contribution in [0.2, 0.25) is 0 Å². The summed E-state index contributed by atoms with van der Waals surface area (Å²) in [4.78, 5) is 16.5. The average molecular weight is 347 g/mol. The number of hydrogen-bond acceptors (Lipinski definition) is 4. The molecule has 1 amide bonds. The Morgan fingerprint density at radius 1 is 1.21 bits per heavy atom. The van der Waals surface area contributed by atoms with Crippen LogP contribution < -0.4 is 5.32 Å². The third-order valence-corrected chi connectivity index (χ3v) is 5.76. The number of nitrogens with one attached hydrogen (secondary N) is 1. The highest BCUT2D eigenvalue weighted by Crippen LogP contribution is 2.20. The summed E-state index contributed by atoms with van der Waals surface area (Å²) in [6.45, 7) is 6.09. The van der Waals surface area contributed by atoms with Crippen molar-refractivity contribution in [3.8, 4) is 0 Å². The molecular weight excluding hydrogens is 326 g/mol. The Kier molecular flexibility index (Phi) is 5.69. The molecule has 0 unspecified atom stereocenters. The van der Waals surface area contributed by atoms with Crippen LogP contribution in [-0.2, 0) is 10.0 Å². The summed E-state index contributed by atoms with van der Waals surface area (Å²) in [7, 11) is -3.61. The molecule has 0 saturated heterocycles. The van der Waals surface area contributed by atoms with Crippen molar-refractivity contribution >= 4 is 21.6 Å². The lowest BCUT2D eigenvalue weighted by molar-refractivity contribution is 0.102. The number of anilines is 1. The number of sulfonamides is 1. The number of carbonyl (C=O) groups is 1. The lowest BCUT2D eigenvalue weighted by Gasteiger charge is -2.19. The van der Waals surface area contributed by atoms with Crippen molar-refractivity contribution in [3.05, 3.63) is 53.9 Å². The minimum absolute atomic E-state index is 0.119. The zero-order valence-corrected chi connectivity index (χ0v) is 14.8. The molecule has 0 spiro atoms. The first-order valence-corrected chi connectivity index (χ1v) is 9.16. The largest absolute Gasteiger partial charge is 0.321 e. The molecule has 1 aromatic carbocycles. The van der Waals surface area contributed by atoms with Crippen LogP contribution in [0.15, 0.2) is 47.6 Å². The molecule has 7 heteroatoms. The van der Waals surface area contributed by atoms with E-state index in [9.17, 15) is 13.2 Å². The van der Waals surface area contributed by atoms with Crippen LogP contribution in [0.1, 0.15) is 29.8 Å². The second-order valence-electron chi connectivity index (χ2n) is 5.26. The number of nitrogens with zero attached hydrogens (tertiary/aromatic N) is 2. The maximum atomic E-state index is 12.6. The van der Waals surface area contributed by atoms with E-state index in [-0.39, 0.29) is 10.8 Å². The molecule has 0 atom stereocenters. The molecule has 0 fully saturated rings. The molecule has 0 aliphatic heterocycles. The van der Waals surface area contributed by atoms with Gasteiger partial charge in [0.25, 0.3) is 5.91 Å². The van der Waals surface area contributed by atoms with E-state index < -0.39 is 10.0 Å². The van der Waals surface area contributed by atoms with Gasteiger partial charge in [0.1, 0.15) is 0 Å². The van der Waals surface area contributed by atoms with E-state index in [1.165, 1.54) is 22.6 Å². The van der Waals surface area contributed by atoms with Crippen molar-refractivity contribution in [2.45, 2.75) is 25.7 Å². The first-order valence-electron chi connectivity index (χ1n) is 7.72. The number of amides is 1. The van der Waals surface area contributed by atoms with Crippen LogP contribution in [-0.4, -0.2) is 36.7 Å². The van der Waals surface area contributed by atoms with E-state index in [0.717, 1.165) is 0 Å². The summed E-state index contributed by atoms with van der Waals surface area (Å²) >= 11 is 0. The summed E-state index contributed by atoms with van der Waals surface area (Å²) in [5.74, 6) is -0.364. The van der Waals surface area contributed by atoms with Gasteiger partial charge in [-0.15, -0.1) is 0 Å². The molecule has 0 radical (unpaired) electrons. The molecule has 1 aromatic heterocycles. The zero-order valence-electron chi connectivity index (χ0n) is 14.0. The minimum Gasteiger partial charge on any atom is -0.321 e. The zero-order chi connectivity index (χ0) is 17.7. The highest BCUT2D eigenvalue weighted by molar-refractivity contribution is 7.89. The number of benzene rings is 1. The third-order valence-electron chi connectivity index (χ3n) is 3.72. The van der Waals surface area contributed by atoms with Crippen molar-refractivity contribution in [1.29, 1.82) is 0 Å². The Hall–Kier alpha value is -2.25. The van der Waals surface area contributed by atoms with Crippen LogP contribution >= 0.6 is 0 Å². The standard InChI is InChI=1S/C17H21N3O3S/c1-4-20(5-2)24(22,23)15-9-8-13(3)16(11-15)17(21)19-14-7-6-10-18-12-14/h6-12H,4-5H2,1-3H3,(H,19,21). The van der Waals surface area contributed by atoms with E-state index in [0.29, 0.717) is 29.9 Å². The van der Waals surface area contributed by atoms with Gasteiger partial charge in [-0.25, -0.2) is 8.42 Å². The van der Waals surface area contributed by atoms with E-state index in [1.54, 1.807) is 45.2 Å². The SMILES string of the molecule is CCN(CC)S(=O)(=O)c1ccc(C)c(C(=O)Nc2cccnc2)c1. The second-order valence-corrected chi connectivity index (χ2v) is 7.20. The molecule has 0 aliphatic rings. The van der Waals surface area contributed by atoms with Gasteiger partial charge in [-0.05, 0) is 36.8 Å². The molecule has 2 rings (SSSR count). The fourth-order valence-electron chi connectivity index (χ4n) is 2.35. The Labute approximate surface area is 142 Å². The average Bonchev–Trinajstić information content (AvgIpc) is 2.56. The molecule has 6 nitrogen and oxygen atoms in total. The minimum atomic E-state index is -3.61. The number of carbonyl (C=O) groups excluding carboxylic acids is 1. The number of aryl methyl sites for hydroxylation is 1. The first-order chi connectivity index (χ1) is 11.4. The van der Waals surface area contributed by atoms with Gasteiger partial charge in [0.2, 0.25) is 10.0 Å². The normalized spacial score (nSPS) is 11.5. The Bertz CT molecular complexity index is 816. The maximum Gasteiger partial charge on any atom is 0.256 e. The van der Waals surface area contributed by atoms with E-state index in [4.69, 9.17) is 0 Å². The molecule has 24 heavy (non-hydrogen) atoms. The summed E-state index contributed by atoms with van der Waals surface area (Å²) in [6, 6.07) is 8.04. The van der Waals surface area contributed by atoms with Gasteiger partial charge >= 0.3 is 0 Å². The smallest absolute Gasteiger partial charge is 0.256 e. The van der Waals surface area contributed by atoms with Gasteiger partial charge in [0, 0.05) is 24.8 Å². The van der Waals surface area contributed by atoms with Gasteiger partial charge in [-0.3, -0.25) is 9.78 Å². The third kappa shape index (κ3) is 3.80.